The Morgan fingerprint density at radius 3 is 2.00 bits per heavy atom. The number of nitrogens with zero attached hydrogens (tertiary/aromatic N) is 2. The van der Waals surface area contributed by atoms with Crippen LogP contribution in [0.5, 0.6) is 0 Å². The number of hydrogen-bond acceptors (Lipinski definition) is 4. The number of sulfonamides is 1. The summed E-state index contributed by atoms with van der Waals surface area (Å²) in [6.45, 7) is 7.97. The third-order valence-electron chi connectivity index (χ3n) is 6.62. The summed E-state index contributed by atoms with van der Waals surface area (Å²) in [5.74, 6) is -0.689. The van der Waals surface area contributed by atoms with Crippen molar-refractivity contribution in [1.82, 2.24) is 10.2 Å². The fourth-order valence-electron chi connectivity index (χ4n) is 4.28. The van der Waals surface area contributed by atoms with Crippen molar-refractivity contribution in [2.24, 2.45) is 0 Å². The minimum atomic E-state index is -4.07. The van der Waals surface area contributed by atoms with Gasteiger partial charge < -0.3 is 10.2 Å². The van der Waals surface area contributed by atoms with Crippen LogP contribution in [0.3, 0.4) is 0 Å². The summed E-state index contributed by atoms with van der Waals surface area (Å²) in [5, 5.41) is 2.94. The molecule has 0 radical (unpaired) electrons. The molecule has 7 nitrogen and oxygen atoms in total. The first kappa shape index (κ1) is 29.9. The van der Waals surface area contributed by atoms with Crippen LogP contribution in [0.1, 0.15) is 49.8 Å². The predicted octanol–water partition coefficient (Wildman–Crippen LogP) is 5.22. The van der Waals surface area contributed by atoms with E-state index in [9.17, 15) is 18.0 Å². The summed E-state index contributed by atoms with van der Waals surface area (Å²) >= 11 is 0. The number of carbonyl (C=O) groups excluding carboxylic acids is 2. The van der Waals surface area contributed by atoms with Gasteiger partial charge in [-0.1, -0.05) is 86.0 Å². The minimum absolute atomic E-state index is 0.0976. The number of nitrogens with one attached hydrogen (secondary N) is 1. The van der Waals surface area contributed by atoms with Crippen LogP contribution in [-0.4, -0.2) is 44.3 Å². The van der Waals surface area contributed by atoms with Crippen LogP contribution < -0.4 is 9.62 Å². The van der Waals surface area contributed by atoms with Gasteiger partial charge in [-0.2, -0.15) is 0 Å². The van der Waals surface area contributed by atoms with Gasteiger partial charge in [0.15, 0.2) is 0 Å². The number of carbonyl (C=O) groups is 2. The van der Waals surface area contributed by atoms with Crippen LogP contribution in [0, 0.1) is 13.8 Å². The van der Waals surface area contributed by atoms with E-state index in [2.05, 4.69) is 5.32 Å². The van der Waals surface area contributed by atoms with Crippen molar-refractivity contribution >= 4 is 27.5 Å². The summed E-state index contributed by atoms with van der Waals surface area (Å²) in [5.41, 5.74) is 3.14. The SMILES string of the molecule is CCCCNC(=O)C(CC)N(Cc1ccccc1)C(=O)CN(c1ccc(C)cc1)S(=O)(=O)c1ccc(C)cc1. The molecule has 0 saturated carbocycles. The lowest BCUT2D eigenvalue weighted by Gasteiger charge is -2.33. The number of anilines is 1. The third kappa shape index (κ3) is 7.93. The average molecular weight is 550 g/mol. The number of rotatable bonds is 13. The highest BCUT2D eigenvalue weighted by molar-refractivity contribution is 7.92. The summed E-state index contributed by atoms with van der Waals surface area (Å²) in [6.07, 6.45) is 2.17. The van der Waals surface area contributed by atoms with Crippen LogP contribution in [-0.2, 0) is 26.2 Å². The molecule has 0 saturated heterocycles. The Kier molecular flexibility index (Phi) is 10.7. The molecule has 0 aliphatic rings. The lowest BCUT2D eigenvalue weighted by molar-refractivity contribution is -0.140. The fourth-order valence-corrected chi connectivity index (χ4v) is 5.70. The second-order valence-electron chi connectivity index (χ2n) is 9.74. The van der Waals surface area contributed by atoms with Crippen molar-refractivity contribution in [3.8, 4) is 0 Å². The van der Waals surface area contributed by atoms with Crippen LogP contribution in [0.25, 0.3) is 0 Å². The lowest BCUT2D eigenvalue weighted by Crippen LogP contribution is -2.52. The zero-order valence-electron chi connectivity index (χ0n) is 23.3. The molecule has 0 aliphatic heterocycles. The van der Waals surface area contributed by atoms with E-state index in [-0.39, 0.29) is 17.3 Å². The third-order valence-corrected chi connectivity index (χ3v) is 8.41. The molecule has 1 N–H and O–H groups in total. The smallest absolute Gasteiger partial charge is 0.264 e. The van der Waals surface area contributed by atoms with Gasteiger partial charge >= 0.3 is 0 Å². The quantitative estimate of drug-likeness (QED) is 0.296. The molecule has 208 valence electrons. The molecule has 3 rings (SSSR count). The van der Waals surface area contributed by atoms with Gasteiger partial charge in [-0.3, -0.25) is 13.9 Å². The molecule has 1 atom stereocenters. The molecule has 39 heavy (non-hydrogen) atoms. The minimum Gasteiger partial charge on any atom is -0.354 e. The van der Waals surface area contributed by atoms with Crippen LogP contribution in [0.4, 0.5) is 5.69 Å². The Labute approximate surface area is 232 Å². The Bertz CT molecular complexity index is 1320. The summed E-state index contributed by atoms with van der Waals surface area (Å²) in [4.78, 5) is 28.8. The highest BCUT2D eigenvalue weighted by Crippen LogP contribution is 2.25. The second-order valence-corrected chi connectivity index (χ2v) is 11.6. The maximum Gasteiger partial charge on any atom is 0.264 e. The molecular weight excluding hydrogens is 510 g/mol. The number of aryl methyl sites for hydroxylation is 2. The maximum absolute atomic E-state index is 14.0. The van der Waals surface area contributed by atoms with E-state index in [0.717, 1.165) is 33.8 Å². The first-order valence-electron chi connectivity index (χ1n) is 13.4. The van der Waals surface area contributed by atoms with Gasteiger partial charge in [0.2, 0.25) is 11.8 Å². The van der Waals surface area contributed by atoms with Crippen LogP contribution >= 0.6 is 0 Å². The zero-order chi connectivity index (χ0) is 28.4. The maximum atomic E-state index is 14.0. The molecule has 3 aromatic rings. The Morgan fingerprint density at radius 1 is 0.846 bits per heavy atom. The summed E-state index contributed by atoms with van der Waals surface area (Å²) < 4.78 is 28.9. The van der Waals surface area contributed by atoms with Crippen molar-refractivity contribution in [1.29, 1.82) is 0 Å². The van der Waals surface area contributed by atoms with Gasteiger partial charge in [0.1, 0.15) is 12.6 Å². The van der Waals surface area contributed by atoms with E-state index in [0.29, 0.717) is 18.7 Å². The predicted molar refractivity (Wildman–Crippen MR) is 156 cm³/mol. The lowest BCUT2D eigenvalue weighted by atomic mass is 10.1. The fraction of sp³-hybridized carbons (Fsp3) is 0.355. The van der Waals surface area contributed by atoms with Crippen molar-refractivity contribution in [3.63, 3.8) is 0 Å². The van der Waals surface area contributed by atoms with Crippen molar-refractivity contribution < 1.29 is 18.0 Å². The molecule has 0 aliphatic carbocycles. The van der Waals surface area contributed by atoms with Crippen molar-refractivity contribution in [2.45, 2.75) is 64.4 Å². The van der Waals surface area contributed by atoms with Gasteiger partial charge in [-0.15, -0.1) is 0 Å². The van der Waals surface area contributed by atoms with Crippen LogP contribution in [0.2, 0.25) is 0 Å². The molecule has 0 aromatic heterocycles. The number of amides is 2. The van der Waals surface area contributed by atoms with Crippen LogP contribution in [0.15, 0.2) is 83.8 Å². The molecular formula is C31H39N3O4S. The molecule has 1 unspecified atom stereocenters. The van der Waals surface area contributed by atoms with Gasteiger partial charge in [0.25, 0.3) is 10.0 Å². The van der Waals surface area contributed by atoms with Gasteiger partial charge in [-0.25, -0.2) is 8.42 Å². The van der Waals surface area contributed by atoms with Crippen molar-refractivity contribution in [3.05, 3.63) is 95.6 Å². The molecule has 3 aromatic carbocycles. The van der Waals surface area contributed by atoms with E-state index in [1.54, 1.807) is 36.4 Å². The van der Waals surface area contributed by atoms with Gasteiger partial charge in [0.05, 0.1) is 10.6 Å². The number of benzene rings is 3. The normalized spacial score (nSPS) is 12.0. The summed E-state index contributed by atoms with van der Waals surface area (Å²) in [6, 6.07) is 22.3. The second kappa shape index (κ2) is 13.9. The van der Waals surface area contributed by atoms with Crippen molar-refractivity contribution in [2.75, 3.05) is 17.4 Å². The Hall–Kier alpha value is -3.65. The molecule has 0 fully saturated rings. The summed E-state index contributed by atoms with van der Waals surface area (Å²) in [7, 11) is -4.07. The average Bonchev–Trinajstić information content (AvgIpc) is 2.93. The highest BCUT2D eigenvalue weighted by Gasteiger charge is 2.33. The van der Waals surface area contributed by atoms with Gasteiger partial charge in [0, 0.05) is 13.1 Å². The van der Waals surface area contributed by atoms with Gasteiger partial charge in [-0.05, 0) is 56.5 Å². The largest absolute Gasteiger partial charge is 0.354 e. The van der Waals surface area contributed by atoms with E-state index in [1.807, 2.05) is 70.2 Å². The first-order chi connectivity index (χ1) is 18.7. The molecule has 2 amide bonds. The van der Waals surface area contributed by atoms with E-state index >= 15 is 0 Å². The molecule has 0 heterocycles. The standard InChI is InChI=1S/C31H39N3O4S/c1-5-7-21-32-31(36)29(6-2)33(22-26-11-9-8-10-12-26)30(35)23-34(27-17-13-24(3)14-18-27)39(37,38)28-19-15-25(4)16-20-28/h8-20,29H,5-7,21-23H2,1-4H3,(H,32,36). The number of unbranched alkanes of at least 4 members (excludes halogenated alkanes) is 1. The van der Waals surface area contributed by atoms with E-state index < -0.39 is 28.5 Å². The topological polar surface area (TPSA) is 86.8 Å². The molecule has 8 heteroatoms. The zero-order valence-corrected chi connectivity index (χ0v) is 24.1. The highest BCUT2D eigenvalue weighted by atomic mass is 32.2. The van der Waals surface area contributed by atoms with E-state index in [1.165, 1.54) is 4.90 Å². The monoisotopic (exact) mass is 549 g/mol. The molecule has 0 spiro atoms. The first-order valence-corrected chi connectivity index (χ1v) is 14.9. The van der Waals surface area contributed by atoms with E-state index in [4.69, 9.17) is 0 Å². The number of hydrogen-bond donors (Lipinski definition) is 1. The molecule has 0 bridgehead atoms. The Morgan fingerprint density at radius 2 is 1.44 bits per heavy atom. The Balaban J connectivity index is 2.01.